The van der Waals surface area contributed by atoms with E-state index in [0.29, 0.717) is 23.7 Å². The number of hydrogen-bond donors (Lipinski definition) is 1. The van der Waals surface area contributed by atoms with Crippen molar-refractivity contribution in [1.82, 2.24) is 10.2 Å². The first-order valence-corrected chi connectivity index (χ1v) is 9.08. The molecule has 1 N–H and O–H groups in total. The third-order valence-electron chi connectivity index (χ3n) is 4.32. The van der Waals surface area contributed by atoms with Crippen LogP contribution >= 0.6 is 35.8 Å². The van der Waals surface area contributed by atoms with Crippen molar-refractivity contribution in [2.24, 2.45) is 5.92 Å². The molecule has 1 unspecified atom stereocenters. The van der Waals surface area contributed by atoms with Crippen LogP contribution in [0.4, 0.5) is 0 Å². The highest BCUT2D eigenvalue weighted by Gasteiger charge is 2.32. The number of carbonyl (C=O) groups is 2. The molecule has 1 atom stereocenters. The van der Waals surface area contributed by atoms with Crippen LogP contribution in [0.3, 0.4) is 0 Å². The number of Topliss-reactive ketones (excluding diaryl/α,β-unsaturated/α-hetero) is 1. The number of ketones is 1. The van der Waals surface area contributed by atoms with Crippen molar-refractivity contribution in [3.8, 4) is 0 Å². The number of nitrogens with zero attached hydrogens (tertiary/aromatic N) is 1. The third kappa shape index (κ3) is 4.41. The summed E-state index contributed by atoms with van der Waals surface area (Å²) in [5, 5.41) is 3.85. The van der Waals surface area contributed by atoms with Gasteiger partial charge in [0.05, 0.1) is 6.04 Å². The van der Waals surface area contributed by atoms with Crippen LogP contribution in [0.5, 0.6) is 0 Å². The number of likely N-dealkylation sites (tertiary alicyclic amines) is 1. The van der Waals surface area contributed by atoms with Crippen LogP contribution < -0.4 is 5.32 Å². The Bertz CT molecular complexity index is 554. The Kier molecular flexibility index (Phi) is 6.77. The molecule has 2 aliphatic rings. The average molecular weight is 375 g/mol. The van der Waals surface area contributed by atoms with Crippen LogP contribution in [0.25, 0.3) is 0 Å². The first kappa shape index (κ1) is 18.6. The number of thioether (sulfide) groups is 1. The van der Waals surface area contributed by atoms with Gasteiger partial charge < -0.3 is 4.90 Å². The maximum atomic E-state index is 12.5. The van der Waals surface area contributed by atoms with Gasteiger partial charge in [0.2, 0.25) is 5.91 Å². The maximum absolute atomic E-state index is 12.5. The Morgan fingerprint density at radius 3 is 2.39 bits per heavy atom. The van der Waals surface area contributed by atoms with E-state index in [-0.39, 0.29) is 36.1 Å². The van der Waals surface area contributed by atoms with Crippen LogP contribution in [0.15, 0.2) is 24.3 Å². The molecular formula is C16H20Cl2N2O2S. The zero-order valence-electron chi connectivity index (χ0n) is 12.7. The number of benzene rings is 1. The van der Waals surface area contributed by atoms with Crippen molar-refractivity contribution >= 4 is 47.5 Å². The number of hydrogen-bond acceptors (Lipinski definition) is 4. The topological polar surface area (TPSA) is 49.4 Å². The molecule has 3 rings (SSSR count). The Hall–Kier alpha value is -0.750. The smallest absolute Gasteiger partial charge is 0.240 e. The van der Waals surface area contributed by atoms with Gasteiger partial charge in [0.15, 0.2) is 5.78 Å². The highest BCUT2D eigenvalue weighted by molar-refractivity contribution is 7.99. The molecule has 0 radical (unpaired) electrons. The summed E-state index contributed by atoms with van der Waals surface area (Å²) in [4.78, 5) is 26.7. The van der Waals surface area contributed by atoms with Gasteiger partial charge in [-0.1, -0.05) is 11.6 Å². The standard InChI is InChI=1S/C16H19ClN2O2S.ClH/c17-13-3-1-11(2-4-13)15(20)12-5-7-19(8-6-12)16(21)14-9-22-10-18-14;/h1-4,12,14,18H,5-10H2;1H. The zero-order valence-corrected chi connectivity index (χ0v) is 15.1. The van der Waals surface area contributed by atoms with Crippen molar-refractivity contribution in [1.29, 1.82) is 0 Å². The molecule has 2 saturated heterocycles. The van der Waals surface area contributed by atoms with Gasteiger partial charge in [0.25, 0.3) is 0 Å². The molecule has 126 valence electrons. The van der Waals surface area contributed by atoms with Crippen molar-refractivity contribution in [3.05, 3.63) is 34.9 Å². The van der Waals surface area contributed by atoms with Gasteiger partial charge in [-0.2, -0.15) is 0 Å². The molecule has 0 spiro atoms. The average Bonchev–Trinajstić information content (AvgIpc) is 3.09. The van der Waals surface area contributed by atoms with E-state index in [4.69, 9.17) is 11.6 Å². The van der Waals surface area contributed by atoms with Gasteiger partial charge >= 0.3 is 0 Å². The second-order valence-electron chi connectivity index (χ2n) is 5.74. The minimum absolute atomic E-state index is 0. The molecule has 23 heavy (non-hydrogen) atoms. The minimum atomic E-state index is -0.0477. The normalized spacial score (nSPS) is 21.8. The van der Waals surface area contributed by atoms with Gasteiger partial charge in [0, 0.05) is 41.2 Å². The molecule has 0 bridgehead atoms. The second-order valence-corrected chi connectivity index (χ2v) is 7.21. The number of nitrogens with one attached hydrogen (secondary N) is 1. The van der Waals surface area contributed by atoms with Crippen molar-refractivity contribution in [2.45, 2.75) is 18.9 Å². The maximum Gasteiger partial charge on any atom is 0.240 e. The Balaban J connectivity index is 0.00000192. The molecule has 1 aromatic carbocycles. The van der Waals surface area contributed by atoms with Crippen LogP contribution in [0.2, 0.25) is 5.02 Å². The van der Waals surface area contributed by atoms with Crippen LogP contribution in [0.1, 0.15) is 23.2 Å². The van der Waals surface area contributed by atoms with Crippen LogP contribution in [-0.4, -0.2) is 47.4 Å². The predicted octanol–water partition coefficient (Wildman–Crippen LogP) is 2.85. The van der Waals surface area contributed by atoms with E-state index in [1.807, 2.05) is 4.90 Å². The summed E-state index contributed by atoms with van der Waals surface area (Å²) in [5.41, 5.74) is 0.711. The summed E-state index contributed by atoms with van der Waals surface area (Å²) in [6.45, 7) is 1.34. The van der Waals surface area contributed by atoms with Crippen molar-refractivity contribution in [3.63, 3.8) is 0 Å². The summed E-state index contributed by atoms with van der Waals surface area (Å²) >= 11 is 7.61. The van der Waals surface area contributed by atoms with E-state index in [1.54, 1.807) is 36.0 Å². The highest BCUT2D eigenvalue weighted by Crippen LogP contribution is 2.24. The van der Waals surface area contributed by atoms with Gasteiger partial charge in [0.1, 0.15) is 0 Å². The predicted molar refractivity (Wildman–Crippen MR) is 96.6 cm³/mol. The lowest BCUT2D eigenvalue weighted by atomic mass is 9.88. The molecule has 0 saturated carbocycles. The van der Waals surface area contributed by atoms with E-state index in [1.165, 1.54) is 0 Å². The number of halogens is 2. The molecule has 0 aliphatic carbocycles. The Morgan fingerprint density at radius 1 is 1.17 bits per heavy atom. The van der Waals surface area contributed by atoms with Gasteiger partial charge in [-0.25, -0.2) is 0 Å². The molecule has 1 aromatic rings. The van der Waals surface area contributed by atoms with Crippen molar-refractivity contribution < 1.29 is 9.59 Å². The number of piperidine rings is 1. The Labute approximate surface area is 151 Å². The molecule has 4 nitrogen and oxygen atoms in total. The lowest BCUT2D eigenvalue weighted by Crippen LogP contribution is -2.48. The monoisotopic (exact) mass is 374 g/mol. The molecule has 1 amide bonds. The van der Waals surface area contributed by atoms with Gasteiger partial charge in [-0.05, 0) is 37.1 Å². The summed E-state index contributed by atoms with van der Waals surface area (Å²) in [6.07, 6.45) is 1.49. The summed E-state index contributed by atoms with van der Waals surface area (Å²) in [7, 11) is 0. The van der Waals surface area contributed by atoms with E-state index in [0.717, 1.165) is 24.5 Å². The van der Waals surface area contributed by atoms with Gasteiger partial charge in [-0.3, -0.25) is 14.9 Å². The zero-order chi connectivity index (χ0) is 15.5. The highest BCUT2D eigenvalue weighted by atomic mass is 35.5. The SMILES string of the molecule is Cl.O=C(c1ccc(Cl)cc1)C1CCN(C(=O)C2CSCN2)CC1. The largest absolute Gasteiger partial charge is 0.341 e. The first-order chi connectivity index (χ1) is 10.6. The molecule has 7 heteroatoms. The van der Waals surface area contributed by atoms with E-state index in [2.05, 4.69) is 5.32 Å². The molecule has 0 aromatic heterocycles. The van der Waals surface area contributed by atoms with Crippen molar-refractivity contribution in [2.75, 3.05) is 24.7 Å². The van der Waals surface area contributed by atoms with E-state index >= 15 is 0 Å². The summed E-state index contributed by atoms with van der Waals surface area (Å²) in [5.74, 6) is 2.06. The fraction of sp³-hybridized carbons (Fsp3) is 0.500. The van der Waals surface area contributed by atoms with E-state index < -0.39 is 0 Å². The lowest BCUT2D eigenvalue weighted by molar-refractivity contribution is -0.133. The molecule has 2 heterocycles. The van der Waals surface area contributed by atoms with E-state index in [9.17, 15) is 9.59 Å². The summed E-state index contributed by atoms with van der Waals surface area (Å²) < 4.78 is 0. The fourth-order valence-electron chi connectivity index (χ4n) is 2.99. The first-order valence-electron chi connectivity index (χ1n) is 7.55. The van der Waals surface area contributed by atoms with Gasteiger partial charge in [-0.15, -0.1) is 24.2 Å². The minimum Gasteiger partial charge on any atom is -0.341 e. The number of amides is 1. The number of carbonyl (C=O) groups excluding carboxylic acids is 2. The fourth-order valence-corrected chi connectivity index (χ4v) is 4.05. The summed E-state index contributed by atoms with van der Waals surface area (Å²) in [6, 6.07) is 7.01. The lowest BCUT2D eigenvalue weighted by Gasteiger charge is -2.32. The number of rotatable bonds is 3. The van der Waals surface area contributed by atoms with Crippen LogP contribution in [0, 0.1) is 5.92 Å². The molecule has 2 aliphatic heterocycles. The quantitative estimate of drug-likeness (QED) is 0.826. The molecular weight excluding hydrogens is 355 g/mol. The Morgan fingerprint density at radius 2 is 1.83 bits per heavy atom. The molecule has 2 fully saturated rings. The third-order valence-corrected chi connectivity index (χ3v) is 5.51. The van der Waals surface area contributed by atoms with Crippen LogP contribution in [-0.2, 0) is 4.79 Å². The second kappa shape index (κ2) is 8.38.